The van der Waals surface area contributed by atoms with Gasteiger partial charge >= 0.3 is 0 Å². The number of nitrogens with zero attached hydrogens (tertiary/aromatic N) is 1. The molecule has 1 aromatic heterocycles. The van der Waals surface area contributed by atoms with E-state index in [1.807, 2.05) is 19.2 Å². The fraction of sp³-hybridized carbons (Fsp3) is 0.188. The lowest BCUT2D eigenvalue weighted by molar-refractivity contribution is 1.22. The highest BCUT2D eigenvalue weighted by molar-refractivity contribution is 5.87. The summed E-state index contributed by atoms with van der Waals surface area (Å²) >= 11 is 0. The summed E-state index contributed by atoms with van der Waals surface area (Å²) < 4.78 is 0. The molecule has 17 heavy (non-hydrogen) atoms. The minimum atomic E-state index is 1.02. The fourth-order valence-electron chi connectivity index (χ4n) is 1.97. The summed E-state index contributed by atoms with van der Waals surface area (Å²) in [5.41, 5.74) is 3.47. The molecule has 86 valence electrons. The van der Waals surface area contributed by atoms with Gasteiger partial charge in [-0.05, 0) is 42.0 Å². The molecule has 0 radical (unpaired) electrons. The zero-order valence-electron chi connectivity index (χ0n) is 10.4. The quantitative estimate of drug-likeness (QED) is 0.697. The van der Waals surface area contributed by atoms with Gasteiger partial charge in [0.25, 0.3) is 0 Å². The number of aryl methyl sites for hydroxylation is 1. The third-order valence-electron chi connectivity index (χ3n) is 2.84. The molecular weight excluding hydrogens is 206 g/mol. The number of fused-ring (bicyclic) bond motifs is 1. The van der Waals surface area contributed by atoms with Gasteiger partial charge in [-0.3, -0.25) is 4.98 Å². The van der Waals surface area contributed by atoms with Gasteiger partial charge in [0.05, 0.1) is 0 Å². The molecule has 0 aliphatic carbocycles. The van der Waals surface area contributed by atoms with Gasteiger partial charge in [0.15, 0.2) is 0 Å². The maximum atomic E-state index is 4.30. The number of allylic oxidation sites excluding steroid dienone is 3. The number of pyridine rings is 1. The van der Waals surface area contributed by atoms with Crippen LogP contribution in [-0.4, -0.2) is 4.98 Å². The van der Waals surface area contributed by atoms with Gasteiger partial charge < -0.3 is 0 Å². The predicted molar refractivity (Wildman–Crippen MR) is 74.9 cm³/mol. The average Bonchev–Trinajstić information content (AvgIpc) is 2.35. The molecule has 0 amide bonds. The third kappa shape index (κ3) is 2.44. The smallest absolute Gasteiger partial charge is 0.0379 e. The first kappa shape index (κ1) is 11.6. The summed E-state index contributed by atoms with van der Waals surface area (Å²) in [6, 6.07) is 8.56. The van der Waals surface area contributed by atoms with Gasteiger partial charge in [0, 0.05) is 17.3 Å². The molecule has 2 aromatic rings. The first-order valence-corrected chi connectivity index (χ1v) is 5.94. The standard InChI is InChI=1S/C16H17N/c1-4-6-13(5-2)14-7-8-15-11-17-12(3)9-16(15)10-14/h5-11H,2,4H2,1,3H3/b13-6+. The molecule has 2 rings (SSSR count). The first-order valence-electron chi connectivity index (χ1n) is 5.94. The van der Waals surface area contributed by atoms with Crippen LogP contribution < -0.4 is 0 Å². The van der Waals surface area contributed by atoms with Crippen molar-refractivity contribution in [3.8, 4) is 0 Å². The molecule has 0 saturated heterocycles. The summed E-state index contributed by atoms with van der Waals surface area (Å²) in [5.74, 6) is 0. The molecule has 0 aliphatic heterocycles. The summed E-state index contributed by atoms with van der Waals surface area (Å²) in [7, 11) is 0. The fourth-order valence-corrected chi connectivity index (χ4v) is 1.97. The van der Waals surface area contributed by atoms with Crippen LogP contribution in [0, 0.1) is 6.92 Å². The van der Waals surface area contributed by atoms with Crippen molar-refractivity contribution in [3.63, 3.8) is 0 Å². The lowest BCUT2D eigenvalue weighted by Crippen LogP contribution is -1.85. The van der Waals surface area contributed by atoms with Crippen LogP contribution in [0.2, 0.25) is 0 Å². The number of rotatable bonds is 3. The zero-order valence-corrected chi connectivity index (χ0v) is 10.4. The maximum absolute atomic E-state index is 4.30. The largest absolute Gasteiger partial charge is 0.261 e. The molecular formula is C16H17N. The van der Waals surface area contributed by atoms with Gasteiger partial charge in [-0.25, -0.2) is 0 Å². The van der Waals surface area contributed by atoms with Crippen LogP contribution >= 0.6 is 0 Å². The number of aromatic nitrogens is 1. The lowest BCUT2D eigenvalue weighted by atomic mass is 10.0. The number of benzene rings is 1. The molecule has 0 N–H and O–H groups in total. The van der Waals surface area contributed by atoms with Crippen LogP contribution in [0.5, 0.6) is 0 Å². The Morgan fingerprint density at radius 1 is 1.29 bits per heavy atom. The Morgan fingerprint density at radius 2 is 2.12 bits per heavy atom. The second-order valence-electron chi connectivity index (χ2n) is 4.16. The van der Waals surface area contributed by atoms with E-state index in [9.17, 15) is 0 Å². The van der Waals surface area contributed by atoms with Crippen molar-refractivity contribution in [3.05, 3.63) is 60.5 Å². The Bertz CT molecular complexity index is 579. The third-order valence-corrected chi connectivity index (χ3v) is 2.84. The van der Waals surface area contributed by atoms with Crippen LogP contribution in [0.15, 0.2) is 49.2 Å². The minimum absolute atomic E-state index is 1.02. The van der Waals surface area contributed by atoms with Crippen molar-refractivity contribution >= 4 is 16.3 Å². The Kier molecular flexibility index (Phi) is 3.38. The van der Waals surface area contributed by atoms with Crippen LogP contribution in [-0.2, 0) is 0 Å². The molecule has 0 spiro atoms. The van der Waals surface area contributed by atoms with E-state index in [2.05, 4.69) is 48.8 Å². The van der Waals surface area contributed by atoms with E-state index in [1.54, 1.807) is 0 Å². The average molecular weight is 223 g/mol. The van der Waals surface area contributed by atoms with Crippen molar-refractivity contribution in [1.82, 2.24) is 4.98 Å². The monoisotopic (exact) mass is 223 g/mol. The predicted octanol–water partition coefficient (Wildman–Crippen LogP) is 4.52. The first-order chi connectivity index (χ1) is 8.24. The van der Waals surface area contributed by atoms with E-state index in [0.717, 1.165) is 12.1 Å². The molecule has 0 aliphatic rings. The molecule has 0 saturated carbocycles. The molecule has 1 aromatic carbocycles. The Labute approximate surface area is 103 Å². The van der Waals surface area contributed by atoms with Gasteiger partial charge in [0.1, 0.15) is 0 Å². The van der Waals surface area contributed by atoms with E-state index in [4.69, 9.17) is 0 Å². The SMILES string of the molecule is C=C/C(=C\CC)c1ccc2cnc(C)cc2c1. The Hall–Kier alpha value is -1.89. The maximum Gasteiger partial charge on any atom is 0.0379 e. The highest BCUT2D eigenvalue weighted by atomic mass is 14.6. The van der Waals surface area contributed by atoms with E-state index in [0.29, 0.717) is 0 Å². The molecule has 1 nitrogen and oxygen atoms in total. The van der Waals surface area contributed by atoms with E-state index < -0.39 is 0 Å². The van der Waals surface area contributed by atoms with Crippen molar-refractivity contribution in [2.45, 2.75) is 20.3 Å². The van der Waals surface area contributed by atoms with Gasteiger partial charge in [-0.1, -0.05) is 37.8 Å². The summed E-state index contributed by atoms with van der Waals surface area (Å²) in [4.78, 5) is 4.30. The molecule has 0 unspecified atom stereocenters. The second kappa shape index (κ2) is 4.96. The molecule has 1 heteroatoms. The van der Waals surface area contributed by atoms with Crippen LogP contribution in [0.25, 0.3) is 16.3 Å². The minimum Gasteiger partial charge on any atom is -0.261 e. The lowest BCUT2D eigenvalue weighted by Gasteiger charge is -2.05. The highest BCUT2D eigenvalue weighted by Gasteiger charge is 2.00. The van der Waals surface area contributed by atoms with Crippen LogP contribution in [0.4, 0.5) is 0 Å². The van der Waals surface area contributed by atoms with Crippen LogP contribution in [0.3, 0.4) is 0 Å². The molecule has 0 bridgehead atoms. The van der Waals surface area contributed by atoms with E-state index in [1.165, 1.54) is 21.9 Å². The number of hydrogen-bond acceptors (Lipinski definition) is 1. The second-order valence-corrected chi connectivity index (χ2v) is 4.16. The van der Waals surface area contributed by atoms with Crippen molar-refractivity contribution in [2.75, 3.05) is 0 Å². The highest BCUT2D eigenvalue weighted by Crippen LogP contribution is 2.22. The van der Waals surface area contributed by atoms with Crippen LogP contribution in [0.1, 0.15) is 24.6 Å². The van der Waals surface area contributed by atoms with E-state index >= 15 is 0 Å². The Balaban J connectivity index is 2.57. The van der Waals surface area contributed by atoms with Gasteiger partial charge in [-0.15, -0.1) is 0 Å². The summed E-state index contributed by atoms with van der Waals surface area (Å²) in [6.07, 6.45) is 7.06. The zero-order chi connectivity index (χ0) is 12.3. The van der Waals surface area contributed by atoms with Crippen molar-refractivity contribution in [1.29, 1.82) is 0 Å². The summed E-state index contributed by atoms with van der Waals surface area (Å²) in [6.45, 7) is 8.03. The summed E-state index contributed by atoms with van der Waals surface area (Å²) in [5, 5.41) is 2.41. The van der Waals surface area contributed by atoms with E-state index in [-0.39, 0.29) is 0 Å². The molecule has 0 atom stereocenters. The normalized spacial score (nSPS) is 11.8. The molecule has 0 fully saturated rings. The topological polar surface area (TPSA) is 12.9 Å². The Morgan fingerprint density at radius 3 is 2.82 bits per heavy atom. The number of hydrogen-bond donors (Lipinski definition) is 0. The molecule has 1 heterocycles. The van der Waals surface area contributed by atoms with Crippen molar-refractivity contribution < 1.29 is 0 Å². The van der Waals surface area contributed by atoms with Gasteiger partial charge in [-0.2, -0.15) is 0 Å². The van der Waals surface area contributed by atoms with Crippen molar-refractivity contribution in [2.24, 2.45) is 0 Å². The van der Waals surface area contributed by atoms with Gasteiger partial charge in [0.2, 0.25) is 0 Å².